The van der Waals surface area contributed by atoms with Crippen molar-refractivity contribution in [1.82, 2.24) is 5.32 Å². The zero-order valence-electron chi connectivity index (χ0n) is 18.4. The summed E-state index contributed by atoms with van der Waals surface area (Å²) >= 11 is 1.28. The van der Waals surface area contributed by atoms with Crippen molar-refractivity contribution in [3.05, 3.63) is 74.9 Å². The Morgan fingerprint density at radius 2 is 2.03 bits per heavy atom. The standard InChI is InChI=1S/C25H25N3O3S/c1-14-10-15(2)24(16(3)11-14)28-21(30)13-32-25-17(12-26)22(20-8-5-9-31-20)23-18(27-25)6-4-7-19(23)29/h5,8-11,22,27H,4,6-7,13H2,1-3H3,(H,28,30)/t22-/m0/s1. The molecular formula is C25H25N3O3S. The lowest BCUT2D eigenvalue weighted by Gasteiger charge is -2.32. The fourth-order valence-corrected chi connectivity index (χ4v) is 5.33. The number of furan rings is 1. The van der Waals surface area contributed by atoms with Crippen LogP contribution in [0.5, 0.6) is 0 Å². The zero-order valence-corrected chi connectivity index (χ0v) is 19.2. The van der Waals surface area contributed by atoms with Crippen LogP contribution < -0.4 is 10.6 Å². The predicted octanol–water partition coefficient (Wildman–Crippen LogP) is 5.01. The number of aryl methyl sites for hydroxylation is 3. The predicted molar refractivity (Wildman–Crippen MR) is 125 cm³/mol. The molecule has 1 aliphatic heterocycles. The van der Waals surface area contributed by atoms with Gasteiger partial charge in [-0.2, -0.15) is 5.26 Å². The molecule has 0 fully saturated rings. The average molecular weight is 448 g/mol. The first-order chi connectivity index (χ1) is 15.4. The molecule has 164 valence electrons. The number of amides is 1. The third-order valence-corrected chi connectivity index (χ3v) is 6.80. The maximum Gasteiger partial charge on any atom is 0.234 e. The molecule has 1 amide bonds. The summed E-state index contributed by atoms with van der Waals surface area (Å²) in [5.74, 6) is 0.0676. The molecule has 2 aliphatic rings. The van der Waals surface area contributed by atoms with Gasteiger partial charge in [0.1, 0.15) is 5.76 Å². The molecule has 2 aromatic rings. The quantitative estimate of drug-likeness (QED) is 0.669. The Kier molecular flexibility index (Phi) is 6.24. The number of carbonyl (C=O) groups excluding carboxylic acids is 2. The number of ketones is 1. The van der Waals surface area contributed by atoms with E-state index in [0.29, 0.717) is 28.4 Å². The van der Waals surface area contributed by atoms with Gasteiger partial charge in [-0.1, -0.05) is 29.5 Å². The minimum absolute atomic E-state index is 0.0417. The van der Waals surface area contributed by atoms with E-state index in [1.807, 2.05) is 32.9 Å². The number of allylic oxidation sites excluding steroid dienone is 3. The number of hydrogen-bond donors (Lipinski definition) is 2. The minimum atomic E-state index is -0.536. The van der Waals surface area contributed by atoms with E-state index in [-0.39, 0.29) is 17.4 Å². The number of rotatable bonds is 5. The first-order valence-electron chi connectivity index (χ1n) is 10.6. The number of nitrogens with zero attached hydrogens (tertiary/aromatic N) is 1. The highest BCUT2D eigenvalue weighted by atomic mass is 32.2. The lowest BCUT2D eigenvalue weighted by atomic mass is 9.79. The SMILES string of the molecule is Cc1cc(C)c(NC(=O)CSC2=C(C#N)[C@@H](c3ccco3)C3=C(CCCC3=O)N2)c(C)c1. The van der Waals surface area contributed by atoms with Gasteiger partial charge in [-0.15, -0.1) is 0 Å². The molecule has 1 aliphatic carbocycles. The van der Waals surface area contributed by atoms with E-state index in [1.54, 1.807) is 18.4 Å². The van der Waals surface area contributed by atoms with Crippen LogP contribution in [0.3, 0.4) is 0 Å². The lowest BCUT2D eigenvalue weighted by molar-refractivity contribution is -0.116. The largest absolute Gasteiger partial charge is 0.468 e. The van der Waals surface area contributed by atoms with Crippen molar-refractivity contribution in [2.45, 2.75) is 46.0 Å². The van der Waals surface area contributed by atoms with E-state index in [4.69, 9.17) is 4.42 Å². The van der Waals surface area contributed by atoms with Crippen LogP contribution >= 0.6 is 11.8 Å². The Labute approximate surface area is 191 Å². The molecule has 0 bridgehead atoms. The van der Waals surface area contributed by atoms with Crippen molar-refractivity contribution in [3.63, 3.8) is 0 Å². The number of nitrogens with one attached hydrogen (secondary N) is 2. The number of Topliss-reactive ketones (excluding diaryl/α,β-unsaturated/α-hetero) is 1. The normalized spacial score (nSPS) is 18.2. The summed E-state index contributed by atoms with van der Waals surface area (Å²) < 4.78 is 5.60. The summed E-state index contributed by atoms with van der Waals surface area (Å²) in [6, 6.07) is 9.88. The van der Waals surface area contributed by atoms with Gasteiger partial charge in [0.25, 0.3) is 0 Å². The summed E-state index contributed by atoms with van der Waals surface area (Å²) in [5, 5.41) is 16.9. The molecular weight excluding hydrogens is 422 g/mol. The van der Waals surface area contributed by atoms with Crippen molar-refractivity contribution in [1.29, 1.82) is 5.26 Å². The molecule has 32 heavy (non-hydrogen) atoms. The summed E-state index contributed by atoms with van der Waals surface area (Å²) in [7, 11) is 0. The third kappa shape index (κ3) is 4.23. The highest BCUT2D eigenvalue weighted by molar-refractivity contribution is 8.03. The fraction of sp³-hybridized carbons (Fsp3) is 0.320. The topological polar surface area (TPSA) is 95.1 Å². The van der Waals surface area contributed by atoms with E-state index in [0.717, 1.165) is 40.9 Å². The fourth-order valence-electron chi connectivity index (χ4n) is 4.47. The number of dihydropyridines is 1. The van der Waals surface area contributed by atoms with E-state index < -0.39 is 5.92 Å². The first-order valence-corrected chi connectivity index (χ1v) is 11.6. The lowest BCUT2D eigenvalue weighted by Crippen LogP contribution is -2.31. The summed E-state index contributed by atoms with van der Waals surface area (Å²) in [6.07, 6.45) is 3.51. The molecule has 4 rings (SSSR count). The molecule has 1 aromatic heterocycles. The molecule has 1 atom stereocenters. The minimum Gasteiger partial charge on any atom is -0.468 e. The number of carbonyl (C=O) groups is 2. The van der Waals surface area contributed by atoms with Crippen LogP contribution in [0, 0.1) is 32.1 Å². The van der Waals surface area contributed by atoms with Gasteiger partial charge in [0.15, 0.2) is 5.78 Å². The Hall–Kier alpha value is -3.24. The molecule has 7 heteroatoms. The number of benzene rings is 1. The molecule has 0 unspecified atom stereocenters. The van der Waals surface area contributed by atoms with Crippen LogP contribution in [-0.2, 0) is 9.59 Å². The Morgan fingerprint density at radius 3 is 2.69 bits per heavy atom. The highest BCUT2D eigenvalue weighted by Crippen LogP contribution is 2.44. The maximum absolute atomic E-state index is 12.7. The van der Waals surface area contributed by atoms with E-state index in [1.165, 1.54) is 11.8 Å². The van der Waals surface area contributed by atoms with Gasteiger partial charge < -0.3 is 15.1 Å². The molecule has 1 aromatic carbocycles. The molecule has 2 heterocycles. The second-order valence-electron chi connectivity index (χ2n) is 8.21. The summed E-state index contributed by atoms with van der Waals surface area (Å²) in [4.78, 5) is 25.5. The van der Waals surface area contributed by atoms with Gasteiger partial charge in [-0.3, -0.25) is 9.59 Å². The second kappa shape index (κ2) is 9.09. The third-order valence-electron chi connectivity index (χ3n) is 5.78. The van der Waals surface area contributed by atoms with E-state index in [9.17, 15) is 14.9 Å². The van der Waals surface area contributed by atoms with Crippen LogP contribution in [0.2, 0.25) is 0 Å². The van der Waals surface area contributed by atoms with Crippen LogP contribution in [-0.4, -0.2) is 17.4 Å². The van der Waals surface area contributed by atoms with Gasteiger partial charge in [0.05, 0.1) is 34.6 Å². The molecule has 6 nitrogen and oxygen atoms in total. The number of anilines is 1. The van der Waals surface area contributed by atoms with Crippen LogP contribution in [0.15, 0.2) is 56.8 Å². The van der Waals surface area contributed by atoms with Crippen molar-refractivity contribution >= 4 is 29.1 Å². The summed E-state index contributed by atoms with van der Waals surface area (Å²) in [6.45, 7) is 5.98. The first kappa shape index (κ1) is 22.0. The van der Waals surface area contributed by atoms with E-state index >= 15 is 0 Å². The molecule has 0 saturated heterocycles. The molecule has 0 saturated carbocycles. The number of nitriles is 1. The highest BCUT2D eigenvalue weighted by Gasteiger charge is 2.38. The van der Waals surface area contributed by atoms with Gasteiger partial charge in [0.2, 0.25) is 5.91 Å². The molecule has 0 spiro atoms. The smallest absolute Gasteiger partial charge is 0.234 e. The molecule has 2 N–H and O–H groups in total. The van der Waals surface area contributed by atoms with Crippen molar-refractivity contribution < 1.29 is 14.0 Å². The van der Waals surface area contributed by atoms with Gasteiger partial charge in [-0.25, -0.2) is 0 Å². The van der Waals surface area contributed by atoms with Crippen LogP contribution in [0.25, 0.3) is 0 Å². The summed E-state index contributed by atoms with van der Waals surface area (Å²) in [5.41, 5.74) is 5.86. The van der Waals surface area contributed by atoms with Gasteiger partial charge in [-0.05, 0) is 56.9 Å². The average Bonchev–Trinajstić information content (AvgIpc) is 3.28. The number of thioether (sulfide) groups is 1. The van der Waals surface area contributed by atoms with Crippen LogP contribution in [0.1, 0.15) is 47.6 Å². The second-order valence-corrected chi connectivity index (χ2v) is 9.19. The van der Waals surface area contributed by atoms with E-state index in [2.05, 4.69) is 16.7 Å². The molecule has 0 radical (unpaired) electrons. The Morgan fingerprint density at radius 1 is 1.28 bits per heavy atom. The number of hydrogen-bond acceptors (Lipinski definition) is 6. The van der Waals surface area contributed by atoms with Gasteiger partial charge in [0, 0.05) is 23.4 Å². The Bertz CT molecular complexity index is 1160. The Balaban J connectivity index is 1.58. The van der Waals surface area contributed by atoms with Crippen molar-refractivity contribution in [3.8, 4) is 6.07 Å². The van der Waals surface area contributed by atoms with Crippen LogP contribution in [0.4, 0.5) is 5.69 Å². The van der Waals surface area contributed by atoms with Crippen molar-refractivity contribution in [2.24, 2.45) is 0 Å². The zero-order chi connectivity index (χ0) is 22.8. The van der Waals surface area contributed by atoms with Gasteiger partial charge >= 0.3 is 0 Å². The van der Waals surface area contributed by atoms with Crippen molar-refractivity contribution in [2.75, 3.05) is 11.1 Å². The maximum atomic E-state index is 12.7. The monoisotopic (exact) mass is 447 g/mol.